The first-order valence-corrected chi connectivity index (χ1v) is 6.74. The predicted octanol–water partition coefficient (Wildman–Crippen LogP) is 4.87. The summed E-state index contributed by atoms with van der Waals surface area (Å²) in [6, 6.07) is 10.7. The van der Waals surface area contributed by atoms with Gasteiger partial charge in [-0.15, -0.1) is 0 Å². The van der Waals surface area contributed by atoms with Gasteiger partial charge in [-0.1, -0.05) is 35.9 Å². The van der Waals surface area contributed by atoms with Crippen LogP contribution in [0.5, 0.6) is 0 Å². The van der Waals surface area contributed by atoms with Gasteiger partial charge < -0.3 is 10.2 Å². The molecule has 10 heteroatoms. The molecule has 2 aromatic carbocycles. The van der Waals surface area contributed by atoms with Crippen molar-refractivity contribution < 1.29 is 37.4 Å². The number of rotatable bonds is 2. The second-order valence-electron chi connectivity index (χ2n) is 4.40. The molecule has 25 heavy (non-hydrogen) atoms. The van der Waals surface area contributed by atoms with Gasteiger partial charge in [0.2, 0.25) is 0 Å². The lowest BCUT2D eigenvalue weighted by Gasteiger charge is -2.10. The fraction of sp³-hybridized carbons (Fsp3) is 0.0667. The summed E-state index contributed by atoms with van der Waals surface area (Å²) in [7, 11) is 0. The van der Waals surface area contributed by atoms with Gasteiger partial charge in [0, 0.05) is 16.1 Å². The van der Waals surface area contributed by atoms with Crippen LogP contribution in [-0.2, 0) is 4.79 Å². The van der Waals surface area contributed by atoms with Crippen molar-refractivity contribution in [3.8, 4) is 11.1 Å². The Hall–Kier alpha value is -2.81. The fourth-order valence-electron chi connectivity index (χ4n) is 1.65. The van der Waals surface area contributed by atoms with Crippen LogP contribution in [0.3, 0.4) is 0 Å². The molecule has 0 aromatic heterocycles. The van der Waals surface area contributed by atoms with E-state index >= 15 is 0 Å². The maximum atomic E-state index is 13.7. The Bertz CT molecular complexity index is 780. The van der Waals surface area contributed by atoms with Crippen LogP contribution in [0.25, 0.3) is 11.1 Å². The average Bonchev–Trinajstić information content (AvgIpc) is 2.47. The highest BCUT2D eigenvalue weighted by Crippen LogP contribution is 2.32. The number of aliphatic carboxylic acids is 1. The van der Waals surface area contributed by atoms with Crippen molar-refractivity contribution in [2.75, 3.05) is 5.32 Å². The van der Waals surface area contributed by atoms with E-state index in [1.807, 2.05) is 0 Å². The van der Waals surface area contributed by atoms with Crippen molar-refractivity contribution in [1.29, 1.82) is 0 Å². The number of hydrogen-bond donors (Lipinski definition) is 3. The minimum absolute atomic E-state index is 0.250. The summed E-state index contributed by atoms with van der Waals surface area (Å²) in [6.07, 6.45) is -6.31. The smallest absolute Gasteiger partial charge is 0.475 e. The Kier molecular flexibility index (Phi) is 6.75. The first-order valence-electron chi connectivity index (χ1n) is 6.37. The molecule has 5 nitrogen and oxygen atoms in total. The van der Waals surface area contributed by atoms with Gasteiger partial charge in [-0.05, 0) is 18.2 Å². The molecule has 2 rings (SSSR count). The van der Waals surface area contributed by atoms with Gasteiger partial charge in [-0.2, -0.15) is 13.2 Å². The van der Waals surface area contributed by atoms with Gasteiger partial charge in [0.15, 0.2) is 0 Å². The molecule has 0 heterocycles. The standard InChI is InChI=1S/C13H9ClFNO2.C2HF3O2/c14-8-5-6-10(12(7-8)16-13(17)18)9-3-1-2-4-11(9)15;3-2(4,5)1(6)7/h1-7,16H,(H,17,18);(H,6,7). The summed E-state index contributed by atoms with van der Waals surface area (Å²) in [5.41, 5.74) is 1.01. The van der Waals surface area contributed by atoms with E-state index in [2.05, 4.69) is 5.32 Å². The van der Waals surface area contributed by atoms with Gasteiger partial charge in [-0.25, -0.2) is 14.0 Å². The van der Waals surface area contributed by atoms with Crippen LogP contribution in [0.2, 0.25) is 5.02 Å². The van der Waals surface area contributed by atoms with Crippen LogP contribution in [0.4, 0.5) is 28.0 Å². The number of benzene rings is 2. The highest BCUT2D eigenvalue weighted by atomic mass is 35.5. The number of anilines is 1. The molecule has 0 spiro atoms. The maximum absolute atomic E-state index is 13.7. The van der Waals surface area contributed by atoms with E-state index in [9.17, 15) is 22.4 Å². The largest absolute Gasteiger partial charge is 0.490 e. The molecular formula is C15H10ClF4NO4. The van der Waals surface area contributed by atoms with E-state index in [4.69, 9.17) is 26.6 Å². The van der Waals surface area contributed by atoms with Gasteiger partial charge in [0.1, 0.15) is 5.82 Å². The lowest BCUT2D eigenvalue weighted by atomic mass is 10.0. The van der Waals surface area contributed by atoms with Crippen molar-refractivity contribution in [3.05, 3.63) is 53.3 Å². The zero-order valence-corrected chi connectivity index (χ0v) is 12.9. The molecule has 134 valence electrons. The Balaban J connectivity index is 0.000000381. The molecule has 0 aliphatic carbocycles. The van der Waals surface area contributed by atoms with Gasteiger partial charge in [-0.3, -0.25) is 5.32 Å². The van der Waals surface area contributed by atoms with Crippen molar-refractivity contribution in [2.24, 2.45) is 0 Å². The zero-order valence-electron chi connectivity index (χ0n) is 12.1. The zero-order chi connectivity index (χ0) is 19.2. The van der Waals surface area contributed by atoms with E-state index in [1.54, 1.807) is 30.3 Å². The summed E-state index contributed by atoms with van der Waals surface area (Å²) in [5.74, 6) is -3.18. The third-order valence-electron chi connectivity index (χ3n) is 2.63. The minimum atomic E-state index is -5.08. The molecule has 0 radical (unpaired) electrons. The molecule has 0 fully saturated rings. The first-order chi connectivity index (χ1) is 11.5. The summed E-state index contributed by atoms with van der Waals surface area (Å²) in [4.78, 5) is 19.6. The second-order valence-corrected chi connectivity index (χ2v) is 4.84. The lowest BCUT2D eigenvalue weighted by molar-refractivity contribution is -0.192. The Morgan fingerprint density at radius 1 is 1.00 bits per heavy atom. The third kappa shape index (κ3) is 6.30. The number of carboxylic acids is 1. The molecule has 0 saturated carbocycles. The third-order valence-corrected chi connectivity index (χ3v) is 2.86. The van der Waals surface area contributed by atoms with E-state index in [0.717, 1.165) is 0 Å². The molecule has 0 unspecified atom stereocenters. The number of halogens is 5. The van der Waals surface area contributed by atoms with Crippen LogP contribution >= 0.6 is 11.6 Å². The first kappa shape index (κ1) is 20.2. The molecule has 0 aliphatic heterocycles. The fourth-order valence-corrected chi connectivity index (χ4v) is 1.82. The van der Waals surface area contributed by atoms with Crippen LogP contribution in [0.1, 0.15) is 0 Å². The van der Waals surface area contributed by atoms with Crippen molar-refractivity contribution in [2.45, 2.75) is 6.18 Å². The number of alkyl halides is 3. The van der Waals surface area contributed by atoms with Crippen LogP contribution in [0, 0.1) is 5.82 Å². The molecule has 0 saturated heterocycles. The monoisotopic (exact) mass is 379 g/mol. The van der Waals surface area contributed by atoms with E-state index in [1.165, 1.54) is 12.1 Å². The summed E-state index contributed by atoms with van der Waals surface area (Å²) in [6.45, 7) is 0. The molecular weight excluding hydrogens is 370 g/mol. The number of hydrogen-bond acceptors (Lipinski definition) is 2. The van der Waals surface area contributed by atoms with Crippen molar-refractivity contribution in [1.82, 2.24) is 0 Å². The molecule has 3 N–H and O–H groups in total. The molecule has 0 aliphatic rings. The van der Waals surface area contributed by atoms with Crippen LogP contribution in [-0.4, -0.2) is 28.5 Å². The van der Waals surface area contributed by atoms with Crippen molar-refractivity contribution >= 4 is 29.4 Å². The number of amides is 1. The normalized spacial score (nSPS) is 10.4. The topological polar surface area (TPSA) is 86.6 Å². The Morgan fingerprint density at radius 2 is 1.56 bits per heavy atom. The van der Waals surface area contributed by atoms with Gasteiger partial charge in [0.25, 0.3) is 0 Å². The van der Waals surface area contributed by atoms with Gasteiger partial charge in [0.05, 0.1) is 5.69 Å². The Morgan fingerprint density at radius 3 is 2.04 bits per heavy atom. The SMILES string of the molecule is O=C(O)C(F)(F)F.O=C(O)Nc1cc(Cl)ccc1-c1ccccc1F. The van der Waals surface area contributed by atoms with Crippen LogP contribution in [0.15, 0.2) is 42.5 Å². The molecule has 1 amide bonds. The number of carboxylic acid groups (broad SMARTS) is 2. The Labute approximate surface area is 143 Å². The lowest BCUT2D eigenvalue weighted by Crippen LogP contribution is -2.21. The summed E-state index contributed by atoms with van der Waals surface area (Å²) in [5, 5.41) is 18.5. The quantitative estimate of drug-likeness (QED) is 0.650. The highest BCUT2D eigenvalue weighted by Gasteiger charge is 2.38. The van der Waals surface area contributed by atoms with E-state index < -0.39 is 24.1 Å². The molecule has 0 bridgehead atoms. The van der Waals surface area contributed by atoms with Crippen LogP contribution < -0.4 is 5.32 Å². The minimum Gasteiger partial charge on any atom is -0.475 e. The summed E-state index contributed by atoms with van der Waals surface area (Å²) >= 11 is 5.80. The van der Waals surface area contributed by atoms with Crippen molar-refractivity contribution in [3.63, 3.8) is 0 Å². The highest BCUT2D eigenvalue weighted by molar-refractivity contribution is 6.31. The van der Waals surface area contributed by atoms with E-state index in [-0.39, 0.29) is 5.69 Å². The second kappa shape index (κ2) is 8.34. The number of carbonyl (C=O) groups is 2. The maximum Gasteiger partial charge on any atom is 0.490 e. The van der Waals surface area contributed by atoms with Gasteiger partial charge >= 0.3 is 18.2 Å². The predicted molar refractivity (Wildman–Crippen MR) is 82.2 cm³/mol. The summed E-state index contributed by atoms with van der Waals surface area (Å²) < 4.78 is 45.4. The molecule has 0 atom stereocenters. The van der Waals surface area contributed by atoms with E-state index in [0.29, 0.717) is 16.1 Å². The number of nitrogens with one attached hydrogen (secondary N) is 1. The molecule has 2 aromatic rings. The average molecular weight is 380 g/mol.